The maximum atomic E-state index is 12.0. The molecule has 0 unspecified atom stereocenters. The zero-order valence-corrected chi connectivity index (χ0v) is 17.7. The monoisotopic (exact) mass is 446 g/mol. The molecule has 0 bridgehead atoms. The van der Waals surface area contributed by atoms with Gasteiger partial charge in [0, 0.05) is 22.3 Å². The molecule has 2 rings (SSSR count). The standard InChI is InChI=1S/C21H23BrN2O4/c1-13-4-5-14(2)18(10-13)24-19(25)8-9-21(27)28-12-20(26)23-16-6-7-17(22)15(3)11-16/h4-7,10-11H,8-9,12H2,1-3H3,(H,23,26)(H,24,25). The van der Waals surface area contributed by atoms with Crippen LogP contribution in [0.3, 0.4) is 0 Å². The van der Waals surface area contributed by atoms with Gasteiger partial charge in [-0.15, -0.1) is 0 Å². The minimum atomic E-state index is -0.599. The first-order valence-corrected chi connectivity index (χ1v) is 9.62. The highest BCUT2D eigenvalue weighted by Gasteiger charge is 2.12. The zero-order chi connectivity index (χ0) is 20.7. The predicted molar refractivity (Wildman–Crippen MR) is 112 cm³/mol. The lowest BCUT2D eigenvalue weighted by atomic mass is 10.1. The van der Waals surface area contributed by atoms with Crippen molar-refractivity contribution < 1.29 is 19.1 Å². The number of rotatable bonds is 7. The van der Waals surface area contributed by atoms with Crippen molar-refractivity contribution in [1.82, 2.24) is 0 Å². The third-order valence-corrected chi connectivity index (χ3v) is 4.92. The average molecular weight is 447 g/mol. The summed E-state index contributed by atoms with van der Waals surface area (Å²) >= 11 is 3.39. The van der Waals surface area contributed by atoms with Crippen LogP contribution in [0.1, 0.15) is 29.5 Å². The molecule has 0 atom stereocenters. The summed E-state index contributed by atoms with van der Waals surface area (Å²) in [5.41, 5.74) is 4.30. The summed E-state index contributed by atoms with van der Waals surface area (Å²) in [6, 6.07) is 11.1. The smallest absolute Gasteiger partial charge is 0.306 e. The second kappa shape index (κ2) is 10.0. The molecule has 0 aliphatic carbocycles. The number of halogens is 1. The van der Waals surface area contributed by atoms with Crippen molar-refractivity contribution in [2.45, 2.75) is 33.6 Å². The average Bonchev–Trinajstić information content (AvgIpc) is 2.64. The summed E-state index contributed by atoms with van der Waals surface area (Å²) in [7, 11) is 0. The molecule has 7 heteroatoms. The van der Waals surface area contributed by atoms with Crippen LogP contribution in [0.2, 0.25) is 0 Å². The fraction of sp³-hybridized carbons (Fsp3) is 0.286. The molecular formula is C21H23BrN2O4. The molecule has 148 valence electrons. The van der Waals surface area contributed by atoms with E-state index in [1.165, 1.54) is 0 Å². The van der Waals surface area contributed by atoms with E-state index in [1.54, 1.807) is 12.1 Å². The van der Waals surface area contributed by atoms with Crippen molar-refractivity contribution in [3.8, 4) is 0 Å². The number of carbonyl (C=O) groups excluding carboxylic acids is 3. The van der Waals surface area contributed by atoms with E-state index in [9.17, 15) is 14.4 Å². The molecule has 6 nitrogen and oxygen atoms in total. The van der Waals surface area contributed by atoms with Crippen LogP contribution in [0.15, 0.2) is 40.9 Å². The van der Waals surface area contributed by atoms with Gasteiger partial charge in [-0.1, -0.05) is 28.1 Å². The Bertz CT molecular complexity index is 896. The summed E-state index contributed by atoms with van der Waals surface area (Å²) in [4.78, 5) is 35.7. The Morgan fingerprint density at radius 3 is 2.36 bits per heavy atom. The fourth-order valence-corrected chi connectivity index (χ4v) is 2.68. The molecule has 2 amide bonds. The number of nitrogens with one attached hydrogen (secondary N) is 2. The third kappa shape index (κ3) is 6.81. The number of ether oxygens (including phenoxy) is 1. The minimum Gasteiger partial charge on any atom is -0.456 e. The van der Waals surface area contributed by atoms with Gasteiger partial charge in [-0.05, 0) is 61.7 Å². The Balaban J connectivity index is 1.73. The summed E-state index contributed by atoms with van der Waals surface area (Å²) in [5.74, 6) is -1.31. The molecule has 0 saturated heterocycles. The Morgan fingerprint density at radius 1 is 0.893 bits per heavy atom. The highest BCUT2D eigenvalue weighted by atomic mass is 79.9. The number of carbonyl (C=O) groups is 3. The topological polar surface area (TPSA) is 84.5 Å². The molecule has 0 saturated carbocycles. The van der Waals surface area contributed by atoms with Gasteiger partial charge in [-0.2, -0.15) is 0 Å². The lowest BCUT2D eigenvalue weighted by Gasteiger charge is -2.10. The van der Waals surface area contributed by atoms with E-state index in [0.29, 0.717) is 5.69 Å². The second-order valence-electron chi connectivity index (χ2n) is 6.54. The molecule has 2 aromatic rings. The predicted octanol–water partition coefficient (Wildman–Crippen LogP) is 4.27. The number of hydrogen-bond acceptors (Lipinski definition) is 4. The first kappa shape index (κ1) is 21.6. The van der Waals surface area contributed by atoms with Gasteiger partial charge in [0.15, 0.2) is 6.61 Å². The highest BCUT2D eigenvalue weighted by molar-refractivity contribution is 9.10. The van der Waals surface area contributed by atoms with E-state index in [0.717, 1.165) is 26.9 Å². The molecule has 28 heavy (non-hydrogen) atoms. The first-order chi connectivity index (χ1) is 13.2. The van der Waals surface area contributed by atoms with Gasteiger partial charge in [0.05, 0.1) is 6.42 Å². The van der Waals surface area contributed by atoms with Crippen LogP contribution < -0.4 is 10.6 Å². The van der Waals surface area contributed by atoms with Crippen LogP contribution in [-0.2, 0) is 19.1 Å². The van der Waals surface area contributed by atoms with Crippen molar-refractivity contribution in [3.63, 3.8) is 0 Å². The molecule has 2 aromatic carbocycles. The number of amides is 2. The molecule has 0 radical (unpaired) electrons. The molecule has 0 aliphatic rings. The number of aryl methyl sites for hydroxylation is 3. The van der Waals surface area contributed by atoms with E-state index in [-0.39, 0.29) is 18.7 Å². The minimum absolute atomic E-state index is 0.0141. The molecule has 0 aliphatic heterocycles. The van der Waals surface area contributed by atoms with Crippen molar-refractivity contribution in [2.75, 3.05) is 17.2 Å². The van der Waals surface area contributed by atoms with Crippen molar-refractivity contribution in [1.29, 1.82) is 0 Å². The largest absolute Gasteiger partial charge is 0.456 e. The third-order valence-electron chi connectivity index (χ3n) is 4.03. The van der Waals surface area contributed by atoms with E-state index >= 15 is 0 Å². The second-order valence-corrected chi connectivity index (χ2v) is 7.39. The number of esters is 1. The lowest BCUT2D eigenvalue weighted by Crippen LogP contribution is -2.22. The Kier molecular flexibility index (Phi) is 7.75. The van der Waals surface area contributed by atoms with E-state index in [2.05, 4.69) is 26.6 Å². The quantitative estimate of drug-likeness (QED) is 0.621. The molecule has 0 aromatic heterocycles. The van der Waals surface area contributed by atoms with E-state index in [1.807, 2.05) is 45.0 Å². The molecule has 2 N–H and O–H groups in total. The number of benzene rings is 2. The maximum Gasteiger partial charge on any atom is 0.306 e. The Morgan fingerprint density at radius 2 is 1.64 bits per heavy atom. The molecule has 0 spiro atoms. The fourth-order valence-electron chi connectivity index (χ4n) is 2.44. The van der Waals surface area contributed by atoms with Crippen LogP contribution >= 0.6 is 15.9 Å². The van der Waals surface area contributed by atoms with Gasteiger partial charge in [0.1, 0.15) is 0 Å². The normalized spacial score (nSPS) is 10.3. The van der Waals surface area contributed by atoms with Crippen LogP contribution in [-0.4, -0.2) is 24.4 Å². The van der Waals surface area contributed by atoms with Gasteiger partial charge in [-0.25, -0.2) is 0 Å². The van der Waals surface area contributed by atoms with Gasteiger partial charge in [-0.3, -0.25) is 14.4 Å². The maximum absolute atomic E-state index is 12.0. The number of anilines is 2. The number of hydrogen-bond donors (Lipinski definition) is 2. The summed E-state index contributed by atoms with van der Waals surface area (Å²) < 4.78 is 5.87. The van der Waals surface area contributed by atoms with Crippen LogP contribution in [0.4, 0.5) is 11.4 Å². The van der Waals surface area contributed by atoms with E-state index in [4.69, 9.17) is 4.74 Å². The van der Waals surface area contributed by atoms with Gasteiger partial charge in [0.25, 0.3) is 5.91 Å². The lowest BCUT2D eigenvalue weighted by molar-refractivity contribution is -0.147. The van der Waals surface area contributed by atoms with Gasteiger partial charge >= 0.3 is 5.97 Å². The van der Waals surface area contributed by atoms with Crippen LogP contribution in [0, 0.1) is 20.8 Å². The van der Waals surface area contributed by atoms with Gasteiger partial charge in [0.2, 0.25) is 5.91 Å². The van der Waals surface area contributed by atoms with Crippen molar-refractivity contribution in [2.24, 2.45) is 0 Å². The summed E-state index contributed by atoms with van der Waals surface area (Å²) in [6.45, 7) is 5.34. The SMILES string of the molecule is Cc1ccc(C)c(NC(=O)CCC(=O)OCC(=O)Nc2ccc(Br)c(C)c2)c1. The van der Waals surface area contributed by atoms with Crippen LogP contribution in [0.25, 0.3) is 0 Å². The van der Waals surface area contributed by atoms with Crippen LogP contribution in [0.5, 0.6) is 0 Å². The summed E-state index contributed by atoms with van der Waals surface area (Å²) in [5, 5.41) is 5.44. The van der Waals surface area contributed by atoms with Gasteiger partial charge < -0.3 is 15.4 Å². The Hall–Kier alpha value is -2.67. The summed E-state index contributed by atoms with van der Waals surface area (Å²) in [6.07, 6.45) is -0.110. The Labute approximate surface area is 172 Å². The first-order valence-electron chi connectivity index (χ1n) is 8.83. The van der Waals surface area contributed by atoms with Crippen molar-refractivity contribution in [3.05, 3.63) is 57.6 Å². The van der Waals surface area contributed by atoms with Crippen molar-refractivity contribution >= 4 is 45.1 Å². The van der Waals surface area contributed by atoms with E-state index < -0.39 is 18.5 Å². The molecule has 0 heterocycles. The zero-order valence-electron chi connectivity index (χ0n) is 16.1. The molecular weight excluding hydrogens is 424 g/mol. The molecule has 0 fully saturated rings. The highest BCUT2D eigenvalue weighted by Crippen LogP contribution is 2.20.